The van der Waals surface area contributed by atoms with Crippen molar-refractivity contribution in [2.24, 2.45) is 0 Å². The van der Waals surface area contributed by atoms with Crippen molar-refractivity contribution in [1.82, 2.24) is 9.97 Å². The van der Waals surface area contributed by atoms with Crippen LogP contribution in [0, 0.1) is 0 Å². The maximum absolute atomic E-state index is 5.51. The van der Waals surface area contributed by atoms with Gasteiger partial charge in [0, 0.05) is 47.1 Å². The standard InChI is InChI=1S/C50H29N3S2/c1-2-14-30-29(13-1)27-28-41(45(30)39-23-11-21-36-33-16-4-3-15-31(33)32-17-5-6-19-35(32)44(36)39)51-49-46(53-50-47(52-49)38-20-8-10-26-43(38)55-50)40-24-12-22-37-34-18-7-9-25-42(34)54-48(37)40/h1-28H,(H,51,52). The molecule has 12 rings (SSSR count). The molecule has 12 aromatic rings. The maximum atomic E-state index is 5.51. The van der Waals surface area contributed by atoms with Crippen molar-refractivity contribution in [3.05, 3.63) is 170 Å². The first-order valence-electron chi connectivity index (χ1n) is 18.5. The Bertz CT molecular complexity index is 3500. The lowest BCUT2D eigenvalue weighted by atomic mass is 9.87. The Labute approximate surface area is 323 Å². The van der Waals surface area contributed by atoms with Gasteiger partial charge in [-0.1, -0.05) is 152 Å². The zero-order valence-electron chi connectivity index (χ0n) is 29.4. The molecule has 0 fully saturated rings. The molecule has 0 atom stereocenters. The molecule has 0 saturated heterocycles. The zero-order chi connectivity index (χ0) is 36.0. The summed E-state index contributed by atoms with van der Waals surface area (Å²) in [6.07, 6.45) is 0. The molecule has 3 heterocycles. The van der Waals surface area contributed by atoms with Crippen molar-refractivity contribution < 1.29 is 0 Å². The molecular formula is C50H29N3S2. The molecule has 9 aromatic carbocycles. The first-order chi connectivity index (χ1) is 27.3. The highest BCUT2D eigenvalue weighted by Gasteiger charge is 2.22. The van der Waals surface area contributed by atoms with E-state index in [1.807, 2.05) is 11.3 Å². The SMILES string of the molecule is c1ccc2c(-c3cccc4c5ccccc5c5ccccc5c34)c(Nc3nc4c(nc3-c3cccc5c3sc3ccccc35)sc3ccccc34)ccc2c1. The molecule has 256 valence electrons. The van der Waals surface area contributed by atoms with Crippen molar-refractivity contribution in [3.63, 3.8) is 0 Å². The Morgan fingerprint density at radius 2 is 0.964 bits per heavy atom. The molecule has 0 aliphatic rings. The summed E-state index contributed by atoms with van der Waals surface area (Å²) in [5, 5.41) is 17.5. The van der Waals surface area contributed by atoms with E-state index in [0.29, 0.717) is 0 Å². The highest BCUT2D eigenvalue weighted by molar-refractivity contribution is 7.26. The van der Waals surface area contributed by atoms with E-state index in [1.165, 1.54) is 73.5 Å². The minimum atomic E-state index is 0.744. The topological polar surface area (TPSA) is 37.8 Å². The number of fused-ring (bicyclic) bond motifs is 13. The average Bonchev–Trinajstić information content (AvgIpc) is 3.81. The van der Waals surface area contributed by atoms with Gasteiger partial charge in [-0.05, 0) is 66.9 Å². The predicted molar refractivity (Wildman–Crippen MR) is 238 cm³/mol. The third-order valence-electron chi connectivity index (χ3n) is 11.1. The van der Waals surface area contributed by atoms with E-state index in [-0.39, 0.29) is 0 Å². The van der Waals surface area contributed by atoms with Crippen LogP contribution < -0.4 is 5.32 Å². The number of hydrogen-bond acceptors (Lipinski definition) is 5. The number of nitrogens with one attached hydrogen (secondary N) is 1. The molecule has 0 amide bonds. The molecular weight excluding hydrogens is 707 g/mol. The second-order valence-electron chi connectivity index (χ2n) is 14.1. The van der Waals surface area contributed by atoms with Crippen molar-refractivity contribution in [2.75, 3.05) is 5.32 Å². The molecule has 0 bridgehead atoms. The number of anilines is 2. The molecule has 3 nitrogen and oxygen atoms in total. The van der Waals surface area contributed by atoms with Gasteiger partial charge in [0.2, 0.25) is 0 Å². The van der Waals surface area contributed by atoms with Gasteiger partial charge < -0.3 is 5.32 Å². The maximum Gasteiger partial charge on any atom is 0.157 e. The van der Waals surface area contributed by atoms with Gasteiger partial charge in [0.05, 0.1) is 0 Å². The molecule has 0 aliphatic carbocycles. The van der Waals surface area contributed by atoms with Gasteiger partial charge in [-0.15, -0.1) is 22.7 Å². The Morgan fingerprint density at radius 1 is 0.400 bits per heavy atom. The van der Waals surface area contributed by atoms with Crippen LogP contribution in [0.4, 0.5) is 11.5 Å². The van der Waals surface area contributed by atoms with Crippen molar-refractivity contribution in [2.45, 2.75) is 0 Å². The smallest absolute Gasteiger partial charge is 0.157 e. The molecule has 5 heteroatoms. The number of aromatic nitrogens is 2. The average molecular weight is 736 g/mol. The van der Waals surface area contributed by atoms with E-state index in [1.54, 1.807) is 11.3 Å². The fourth-order valence-electron chi connectivity index (χ4n) is 8.69. The van der Waals surface area contributed by atoms with E-state index in [4.69, 9.17) is 9.97 Å². The summed E-state index contributed by atoms with van der Waals surface area (Å²) in [6.45, 7) is 0. The second-order valence-corrected chi connectivity index (χ2v) is 16.2. The van der Waals surface area contributed by atoms with Crippen LogP contribution >= 0.6 is 22.7 Å². The van der Waals surface area contributed by atoms with Gasteiger partial charge in [0.1, 0.15) is 16.0 Å². The van der Waals surface area contributed by atoms with Crippen LogP contribution in [0.2, 0.25) is 0 Å². The Hall–Kier alpha value is -6.66. The third-order valence-corrected chi connectivity index (χ3v) is 13.4. The molecule has 0 unspecified atom stereocenters. The lowest BCUT2D eigenvalue weighted by Crippen LogP contribution is -2.01. The minimum absolute atomic E-state index is 0.744. The molecule has 0 radical (unpaired) electrons. The van der Waals surface area contributed by atoms with Crippen LogP contribution in [-0.2, 0) is 0 Å². The predicted octanol–water partition coefficient (Wildman–Crippen LogP) is 14.9. The third kappa shape index (κ3) is 4.61. The lowest BCUT2D eigenvalue weighted by molar-refractivity contribution is 1.31. The van der Waals surface area contributed by atoms with E-state index >= 15 is 0 Å². The molecule has 3 aromatic heterocycles. The van der Waals surface area contributed by atoms with E-state index < -0.39 is 0 Å². The van der Waals surface area contributed by atoms with E-state index in [0.717, 1.165) is 44.1 Å². The van der Waals surface area contributed by atoms with Gasteiger partial charge in [-0.2, -0.15) is 0 Å². The fourth-order valence-corrected chi connectivity index (χ4v) is 10.9. The van der Waals surface area contributed by atoms with Crippen molar-refractivity contribution >= 4 is 118 Å². The number of benzene rings is 9. The zero-order valence-corrected chi connectivity index (χ0v) is 31.0. The summed E-state index contributed by atoms with van der Waals surface area (Å²) in [4.78, 5) is 11.9. The summed E-state index contributed by atoms with van der Waals surface area (Å²) >= 11 is 3.52. The highest BCUT2D eigenvalue weighted by Crippen LogP contribution is 2.47. The second kappa shape index (κ2) is 11.9. The Morgan fingerprint density at radius 3 is 1.73 bits per heavy atom. The van der Waals surface area contributed by atoms with E-state index in [9.17, 15) is 0 Å². The summed E-state index contributed by atoms with van der Waals surface area (Å²) in [7, 11) is 0. The molecule has 0 spiro atoms. The largest absolute Gasteiger partial charge is 0.338 e. The van der Waals surface area contributed by atoms with E-state index in [2.05, 4.69) is 175 Å². The van der Waals surface area contributed by atoms with Crippen LogP contribution in [0.5, 0.6) is 0 Å². The van der Waals surface area contributed by atoms with Gasteiger partial charge in [-0.25, -0.2) is 9.97 Å². The summed E-state index contributed by atoms with van der Waals surface area (Å²) in [5.74, 6) is 0.744. The van der Waals surface area contributed by atoms with Crippen LogP contribution in [0.1, 0.15) is 0 Å². The van der Waals surface area contributed by atoms with Crippen LogP contribution in [-0.4, -0.2) is 9.97 Å². The molecule has 0 saturated carbocycles. The van der Waals surface area contributed by atoms with Gasteiger partial charge in [0.25, 0.3) is 0 Å². The summed E-state index contributed by atoms with van der Waals surface area (Å²) in [6, 6.07) is 61.3. The first kappa shape index (κ1) is 30.8. The molecule has 1 N–H and O–H groups in total. The Kier molecular flexibility index (Phi) is 6.67. The van der Waals surface area contributed by atoms with Crippen molar-refractivity contribution in [1.29, 1.82) is 0 Å². The van der Waals surface area contributed by atoms with Crippen LogP contribution in [0.3, 0.4) is 0 Å². The summed E-state index contributed by atoms with van der Waals surface area (Å²) in [5.41, 5.74) is 6.17. The number of nitrogens with zero attached hydrogens (tertiary/aromatic N) is 2. The monoisotopic (exact) mass is 735 g/mol. The first-order valence-corrected chi connectivity index (χ1v) is 20.1. The van der Waals surface area contributed by atoms with Gasteiger partial charge in [0.15, 0.2) is 5.82 Å². The summed E-state index contributed by atoms with van der Waals surface area (Å²) < 4.78 is 3.66. The lowest BCUT2D eigenvalue weighted by Gasteiger charge is -2.20. The number of hydrogen-bond donors (Lipinski definition) is 1. The molecule has 55 heavy (non-hydrogen) atoms. The fraction of sp³-hybridized carbons (Fsp3) is 0. The quantitative estimate of drug-likeness (QED) is 0.183. The molecule has 0 aliphatic heterocycles. The number of thiophene rings is 2. The highest BCUT2D eigenvalue weighted by atomic mass is 32.1. The van der Waals surface area contributed by atoms with Gasteiger partial charge in [-0.3, -0.25) is 0 Å². The Balaban J connectivity index is 1.17. The van der Waals surface area contributed by atoms with Crippen molar-refractivity contribution in [3.8, 4) is 22.4 Å². The van der Waals surface area contributed by atoms with Gasteiger partial charge >= 0.3 is 0 Å². The normalized spacial score (nSPS) is 12.0. The van der Waals surface area contributed by atoms with Crippen LogP contribution in [0.25, 0.3) is 106 Å². The minimum Gasteiger partial charge on any atom is -0.338 e. The van der Waals surface area contributed by atoms with Crippen LogP contribution in [0.15, 0.2) is 170 Å². The number of rotatable bonds is 4.